The molecule has 0 aliphatic carbocycles. The molecule has 0 bridgehead atoms. The molecule has 1 aliphatic rings. The van der Waals surface area contributed by atoms with E-state index in [1.807, 2.05) is 42.5 Å². The maximum atomic E-state index is 11.9. The van der Waals surface area contributed by atoms with E-state index < -0.39 is 0 Å². The number of ketones is 1. The Kier molecular flexibility index (Phi) is 8.61. The van der Waals surface area contributed by atoms with Gasteiger partial charge < -0.3 is 19.3 Å². The lowest BCUT2D eigenvalue weighted by Crippen LogP contribution is -2.25. The van der Waals surface area contributed by atoms with Gasteiger partial charge in [-0.25, -0.2) is 0 Å². The third-order valence-corrected chi connectivity index (χ3v) is 6.49. The summed E-state index contributed by atoms with van der Waals surface area (Å²) >= 11 is 6.24. The molecule has 1 saturated heterocycles. The Morgan fingerprint density at radius 1 is 1.17 bits per heavy atom. The van der Waals surface area contributed by atoms with Crippen molar-refractivity contribution in [2.75, 3.05) is 6.61 Å². The van der Waals surface area contributed by atoms with E-state index in [-0.39, 0.29) is 47.5 Å². The number of halogens is 1. The molecule has 0 radical (unpaired) electrons. The zero-order valence-corrected chi connectivity index (χ0v) is 20.8. The first-order chi connectivity index (χ1) is 17.5. The summed E-state index contributed by atoms with van der Waals surface area (Å²) < 4.78 is 18.0. The first-order valence-corrected chi connectivity index (χ1v) is 12.4. The summed E-state index contributed by atoms with van der Waals surface area (Å²) in [6.07, 6.45) is 2.51. The van der Waals surface area contributed by atoms with E-state index in [0.717, 1.165) is 36.0 Å². The van der Waals surface area contributed by atoms with Crippen LogP contribution in [0.2, 0.25) is 5.02 Å². The van der Waals surface area contributed by atoms with Crippen LogP contribution in [0.1, 0.15) is 71.3 Å². The second-order valence-electron chi connectivity index (χ2n) is 8.63. The Balaban J connectivity index is 1.51. The zero-order valence-electron chi connectivity index (χ0n) is 20.1. The van der Waals surface area contributed by atoms with Crippen LogP contribution in [0.3, 0.4) is 0 Å². The minimum atomic E-state index is -0.383. The van der Waals surface area contributed by atoms with Crippen molar-refractivity contribution in [3.63, 3.8) is 0 Å². The number of carbonyl (C=O) groups excluding carboxylic acids is 1. The van der Waals surface area contributed by atoms with Gasteiger partial charge in [-0.1, -0.05) is 54.9 Å². The quantitative estimate of drug-likeness (QED) is 0.325. The highest BCUT2D eigenvalue weighted by molar-refractivity contribution is 6.34. The van der Waals surface area contributed by atoms with Crippen LogP contribution in [0, 0.1) is 11.3 Å². The monoisotopic (exact) mass is 505 g/mol. The lowest BCUT2D eigenvalue weighted by Gasteiger charge is -2.28. The lowest BCUT2D eigenvalue weighted by molar-refractivity contribution is -0.181. The molecule has 1 heterocycles. The van der Waals surface area contributed by atoms with Crippen LogP contribution in [-0.4, -0.2) is 23.8 Å². The van der Waals surface area contributed by atoms with Crippen molar-refractivity contribution in [1.29, 1.82) is 5.26 Å². The van der Waals surface area contributed by atoms with Gasteiger partial charge in [0, 0.05) is 13.0 Å². The Morgan fingerprint density at radius 2 is 1.97 bits per heavy atom. The molecule has 0 aromatic heterocycles. The van der Waals surface area contributed by atoms with Gasteiger partial charge in [0.2, 0.25) is 0 Å². The highest BCUT2D eigenvalue weighted by Gasteiger charge is 2.23. The molecule has 0 spiro atoms. The van der Waals surface area contributed by atoms with Crippen LogP contribution in [0.15, 0.2) is 60.7 Å². The summed E-state index contributed by atoms with van der Waals surface area (Å²) in [5.41, 5.74) is 3.47. The zero-order chi connectivity index (χ0) is 25.5. The fourth-order valence-electron chi connectivity index (χ4n) is 4.11. The van der Waals surface area contributed by atoms with Gasteiger partial charge in [0.1, 0.15) is 29.2 Å². The number of nitrogens with zero attached hydrogens (tertiary/aromatic N) is 1. The number of phenols is 1. The number of rotatable bonds is 9. The Morgan fingerprint density at radius 3 is 2.67 bits per heavy atom. The van der Waals surface area contributed by atoms with E-state index in [1.165, 1.54) is 6.07 Å². The van der Waals surface area contributed by atoms with Gasteiger partial charge in [0.05, 0.1) is 17.2 Å². The van der Waals surface area contributed by atoms with Crippen molar-refractivity contribution in [2.45, 2.75) is 51.6 Å². The third kappa shape index (κ3) is 6.06. The minimum absolute atomic E-state index is 0.0178. The van der Waals surface area contributed by atoms with Crippen molar-refractivity contribution in [3.8, 4) is 17.6 Å². The second-order valence-corrected chi connectivity index (χ2v) is 9.01. The van der Waals surface area contributed by atoms with Crippen molar-refractivity contribution < 1.29 is 24.1 Å². The fourth-order valence-corrected chi connectivity index (χ4v) is 4.33. The highest BCUT2D eigenvalue weighted by Crippen LogP contribution is 2.37. The first-order valence-electron chi connectivity index (χ1n) is 12.0. The van der Waals surface area contributed by atoms with E-state index in [0.29, 0.717) is 17.9 Å². The van der Waals surface area contributed by atoms with Crippen molar-refractivity contribution >= 4 is 17.4 Å². The average Bonchev–Trinajstić information content (AvgIpc) is 2.93. The molecule has 7 heteroatoms. The second kappa shape index (κ2) is 12.0. The smallest absolute Gasteiger partial charge is 0.166 e. The number of ether oxygens (including phenoxy) is 3. The number of aromatic hydroxyl groups is 1. The van der Waals surface area contributed by atoms with E-state index in [4.69, 9.17) is 25.8 Å². The molecule has 2 atom stereocenters. The maximum absolute atomic E-state index is 11.9. The predicted octanol–water partition coefficient (Wildman–Crippen LogP) is 6.72. The van der Waals surface area contributed by atoms with Crippen molar-refractivity contribution in [2.24, 2.45) is 0 Å². The molecule has 0 saturated carbocycles. The lowest BCUT2D eigenvalue weighted by atomic mass is 9.98. The van der Waals surface area contributed by atoms with Gasteiger partial charge in [-0.05, 0) is 60.2 Å². The molecule has 4 rings (SSSR count). The SMILES string of the molecule is CCC(=O)c1ccc(OCc2ccc(C(OC3CCCCO3)c3cccc(C#N)c3)cc2)c(Cl)c1O. The molecule has 1 aliphatic heterocycles. The average molecular weight is 506 g/mol. The number of hydrogen-bond acceptors (Lipinski definition) is 6. The molecular weight excluding hydrogens is 478 g/mol. The molecule has 1 fully saturated rings. The molecule has 3 aromatic rings. The first kappa shape index (κ1) is 25.7. The minimum Gasteiger partial charge on any atom is -0.505 e. The number of phenolic OH excluding ortho intramolecular Hbond substituents is 1. The van der Waals surface area contributed by atoms with Crippen LogP contribution in [-0.2, 0) is 16.1 Å². The standard InChI is InChI=1S/C29H28ClNO5/c1-2-24(32)23-13-14-25(27(30)28(23)33)35-18-19-9-11-21(12-10-19)29(36-26-8-3-4-15-34-26)22-7-5-6-20(16-22)17-31/h5-7,9-14,16,26,29,33H,2-4,8,15,18H2,1H3. The topological polar surface area (TPSA) is 88.8 Å². The summed E-state index contributed by atoms with van der Waals surface area (Å²) in [7, 11) is 0. The van der Waals surface area contributed by atoms with Crippen LogP contribution < -0.4 is 4.74 Å². The van der Waals surface area contributed by atoms with E-state index in [1.54, 1.807) is 19.1 Å². The van der Waals surface area contributed by atoms with Gasteiger partial charge in [-0.3, -0.25) is 4.79 Å². The molecule has 6 nitrogen and oxygen atoms in total. The van der Waals surface area contributed by atoms with Crippen LogP contribution in [0.5, 0.6) is 11.5 Å². The van der Waals surface area contributed by atoms with Gasteiger partial charge >= 0.3 is 0 Å². The van der Waals surface area contributed by atoms with E-state index in [9.17, 15) is 15.2 Å². The molecule has 36 heavy (non-hydrogen) atoms. The van der Waals surface area contributed by atoms with Gasteiger partial charge in [-0.15, -0.1) is 0 Å². The molecular formula is C29H28ClNO5. The molecule has 0 amide bonds. The Labute approximate surface area is 216 Å². The number of benzene rings is 3. The number of nitriles is 1. The summed E-state index contributed by atoms with van der Waals surface area (Å²) in [6.45, 7) is 2.63. The summed E-state index contributed by atoms with van der Waals surface area (Å²) in [6, 6.07) is 20.5. The van der Waals surface area contributed by atoms with Crippen molar-refractivity contribution in [1.82, 2.24) is 0 Å². The molecule has 3 aromatic carbocycles. The van der Waals surface area contributed by atoms with Crippen molar-refractivity contribution in [3.05, 3.63) is 93.5 Å². The third-order valence-electron chi connectivity index (χ3n) is 6.12. The summed E-state index contributed by atoms with van der Waals surface area (Å²) in [5.74, 6) is -0.150. The summed E-state index contributed by atoms with van der Waals surface area (Å²) in [4.78, 5) is 11.9. The highest BCUT2D eigenvalue weighted by atomic mass is 35.5. The molecule has 186 valence electrons. The number of Topliss-reactive ketones (excluding diaryl/α,β-unsaturated/α-hetero) is 1. The Hall–Kier alpha value is -3.37. The van der Waals surface area contributed by atoms with Gasteiger partial charge in [-0.2, -0.15) is 5.26 Å². The normalized spacial score (nSPS) is 16.2. The predicted molar refractivity (Wildman–Crippen MR) is 136 cm³/mol. The Bertz CT molecular complexity index is 1250. The molecule has 1 N–H and O–H groups in total. The maximum Gasteiger partial charge on any atom is 0.166 e. The van der Waals surface area contributed by atoms with Crippen LogP contribution in [0.25, 0.3) is 0 Å². The number of hydrogen-bond donors (Lipinski definition) is 1. The van der Waals surface area contributed by atoms with E-state index in [2.05, 4.69) is 6.07 Å². The summed E-state index contributed by atoms with van der Waals surface area (Å²) in [5, 5.41) is 19.6. The van der Waals surface area contributed by atoms with E-state index >= 15 is 0 Å². The van der Waals surface area contributed by atoms with Gasteiger partial charge in [0.15, 0.2) is 12.1 Å². The largest absolute Gasteiger partial charge is 0.505 e. The fraction of sp³-hybridized carbons (Fsp3) is 0.310. The van der Waals surface area contributed by atoms with Crippen LogP contribution >= 0.6 is 11.6 Å². The number of carbonyl (C=O) groups is 1. The van der Waals surface area contributed by atoms with Gasteiger partial charge in [0.25, 0.3) is 0 Å². The van der Waals surface area contributed by atoms with Crippen LogP contribution in [0.4, 0.5) is 0 Å². The molecule has 2 unspecified atom stereocenters.